The van der Waals surface area contributed by atoms with Crippen molar-refractivity contribution in [3.8, 4) is 0 Å². The first-order valence-electron chi connectivity index (χ1n) is 4.03. The number of imidazole rings is 1. The first-order valence-corrected chi connectivity index (χ1v) is 4.03. The summed E-state index contributed by atoms with van der Waals surface area (Å²) in [6.45, 7) is 0.891. The van der Waals surface area contributed by atoms with E-state index >= 15 is 0 Å². The number of nitrogens with zero attached hydrogens (tertiary/aromatic N) is 2. The van der Waals surface area contributed by atoms with E-state index in [1.165, 1.54) is 12.8 Å². The molecule has 0 spiro atoms. The minimum absolute atomic E-state index is 0.204. The average Bonchev–Trinajstić information content (AvgIpc) is 2.75. The smallest absolute Gasteiger partial charge is 0.111 e. The third-order valence-electron chi connectivity index (χ3n) is 2.03. The van der Waals surface area contributed by atoms with E-state index in [0.717, 1.165) is 5.82 Å². The highest BCUT2D eigenvalue weighted by Gasteiger charge is 2.27. The number of aliphatic hydroxyl groups is 1. The van der Waals surface area contributed by atoms with E-state index in [1.54, 1.807) is 0 Å². The van der Waals surface area contributed by atoms with Crippen LogP contribution in [-0.2, 0) is 6.54 Å². The van der Waals surface area contributed by atoms with Crippen LogP contribution in [0.1, 0.15) is 24.6 Å². The van der Waals surface area contributed by atoms with Crippen molar-refractivity contribution in [3.63, 3.8) is 0 Å². The summed E-state index contributed by atoms with van der Waals surface area (Å²) in [7, 11) is 0. The van der Waals surface area contributed by atoms with E-state index in [4.69, 9.17) is 5.11 Å². The summed E-state index contributed by atoms with van der Waals surface area (Å²) in [5.74, 6) is 1.83. The second-order valence-electron chi connectivity index (χ2n) is 2.98. The first kappa shape index (κ1) is 6.85. The summed E-state index contributed by atoms with van der Waals surface area (Å²) in [6, 6.07) is 0. The number of rotatable bonds is 3. The molecule has 0 aromatic carbocycles. The zero-order valence-electron chi connectivity index (χ0n) is 6.40. The van der Waals surface area contributed by atoms with Crippen LogP contribution < -0.4 is 0 Å². The molecule has 2 rings (SSSR count). The molecule has 0 unspecified atom stereocenters. The third kappa shape index (κ3) is 1.28. The summed E-state index contributed by atoms with van der Waals surface area (Å²) in [5.41, 5.74) is 0. The zero-order valence-corrected chi connectivity index (χ0v) is 6.40. The molecule has 3 nitrogen and oxygen atoms in total. The lowest BCUT2D eigenvalue weighted by atomic mass is 10.4. The fraction of sp³-hybridized carbons (Fsp3) is 0.625. The molecule has 1 N–H and O–H groups in total. The number of hydrogen-bond acceptors (Lipinski definition) is 2. The van der Waals surface area contributed by atoms with Gasteiger partial charge in [-0.2, -0.15) is 0 Å². The Kier molecular flexibility index (Phi) is 1.66. The second kappa shape index (κ2) is 2.66. The molecule has 1 saturated carbocycles. The Labute approximate surface area is 65.7 Å². The molecule has 1 aliphatic rings. The number of hydrogen-bond donors (Lipinski definition) is 1. The Bertz CT molecular complexity index is 240. The van der Waals surface area contributed by atoms with Crippen molar-refractivity contribution in [3.05, 3.63) is 18.2 Å². The van der Waals surface area contributed by atoms with E-state index in [0.29, 0.717) is 12.5 Å². The molecular weight excluding hydrogens is 140 g/mol. The van der Waals surface area contributed by atoms with Crippen molar-refractivity contribution in [2.75, 3.05) is 6.61 Å². The molecule has 3 heteroatoms. The van der Waals surface area contributed by atoms with Gasteiger partial charge >= 0.3 is 0 Å². The SMILES string of the molecule is OCCn1ccnc1C1CC1. The molecule has 1 aromatic rings. The van der Waals surface area contributed by atoms with Crippen LogP contribution in [0.5, 0.6) is 0 Å². The Morgan fingerprint density at radius 1 is 1.64 bits per heavy atom. The summed E-state index contributed by atoms with van der Waals surface area (Å²) < 4.78 is 2.04. The minimum atomic E-state index is 0.204. The molecule has 0 saturated heterocycles. The monoisotopic (exact) mass is 152 g/mol. The molecular formula is C8H12N2O. The van der Waals surface area contributed by atoms with Gasteiger partial charge in [-0.1, -0.05) is 0 Å². The van der Waals surface area contributed by atoms with Crippen LogP contribution in [0.4, 0.5) is 0 Å². The van der Waals surface area contributed by atoms with Gasteiger partial charge in [-0.3, -0.25) is 0 Å². The quantitative estimate of drug-likeness (QED) is 0.694. The molecule has 0 atom stereocenters. The lowest BCUT2D eigenvalue weighted by Crippen LogP contribution is -2.04. The van der Waals surface area contributed by atoms with Crippen molar-refractivity contribution in [1.29, 1.82) is 0 Å². The van der Waals surface area contributed by atoms with E-state index in [-0.39, 0.29) is 6.61 Å². The van der Waals surface area contributed by atoms with Gasteiger partial charge in [-0.15, -0.1) is 0 Å². The zero-order chi connectivity index (χ0) is 7.68. The minimum Gasteiger partial charge on any atom is -0.395 e. The van der Waals surface area contributed by atoms with Crippen molar-refractivity contribution < 1.29 is 5.11 Å². The van der Waals surface area contributed by atoms with Gasteiger partial charge < -0.3 is 9.67 Å². The maximum Gasteiger partial charge on any atom is 0.111 e. The molecule has 1 heterocycles. The van der Waals surface area contributed by atoms with Gasteiger partial charge in [0.25, 0.3) is 0 Å². The normalized spacial score (nSPS) is 17.2. The standard InChI is InChI=1S/C8H12N2O/c11-6-5-10-4-3-9-8(10)7-1-2-7/h3-4,7,11H,1-2,5-6H2. The number of aromatic nitrogens is 2. The van der Waals surface area contributed by atoms with Gasteiger partial charge in [0.2, 0.25) is 0 Å². The Morgan fingerprint density at radius 3 is 3.09 bits per heavy atom. The van der Waals surface area contributed by atoms with Crippen LogP contribution >= 0.6 is 0 Å². The molecule has 0 amide bonds. The first-order chi connectivity index (χ1) is 5.42. The maximum atomic E-state index is 8.72. The molecule has 11 heavy (non-hydrogen) atoms. The predicted octanol–water partition coefficient (Wildman–Crippen LogP) is 0.753. The lowest BCUT2D eigenvalue weighted by Gasteiger charge is -2.02. The Hall–Kier alpha value is -0.830. The Morgan fingerprint density at radius 2 is 2.45 bits per heavy atom. The molecule has 0 bridgehead atoms. The van der Waals surface area contributed by atoms with E-state index < -0.39 is 0 Å². The van der Waals surface area contributed by atoms with Gasteiger partial charge in [0.05, 0.1) is 6.61 Å². The van der Waals surface area contributed by atoms with Crippen LogP contribution in [0.3, 0.4) is 0 Å². The Balaban J connectivity index is 2.16. The van der Waals surface area contributed by atoms with Gasteiger partial charge in [-0.25, -0.2) is 4.98 Å². The van der Waals surface area contributed by atoms with Crippen molar-refractivity contribution in [2.24, 2.45) is 0 Å². The highest BCUT2D eigenvalue weighted by atomic mass is 16.3. The molecule has 0 radical (unpaired) electrons. The fourth-order valence-corrected chi connectivity index (χ4v) is 1.32. The predicted molar refractivity (Wildman–Crippen MR) is 41.3 cm³/mol. The van der Waals surface area contributed by atoms with Gasteiger partial charge in [0.1, 0.15) is 5.82 Å². The van der Waals surface area contributed by atoms with Crippen LogP contribution in [0, 0.1) is 0 Å². The van der Waals surface area contributed by atoms with Crippen molar-refractivity contribution >= 4 is 0 Å². The lowest BCUT2D eigenvalue weighted by molar-refractivity contribution is 0.274. The van der Waals surface area contributed by atoms with Crippen LogP contribution in [-0.4, -0.2) is 21.3 Å². The summed E-state index contributed by atoms with van der Waals surface area (Å²) in [5, 5.41) is 8.72. The molecule has 1 fully saturated rings. The van der Waals surface area contributed by atoms with Gasteiger partial charge in [0, 0.05) is 24.9 Å². The fourth-order valence-electron chi connectivity index (χ4n) is 1.32. The van der Waals surface area contributed by atoms with E-state index in [9.17, 15) is 0 Å². The molecule has 1 aromatic heterocycles. The second-order valence-corrected chi connectivity index (χ2v) is 2.98. The van der Waals surface area contributed by atoms with Gasteiger partial charge in [-0.05, 0) is 12.8 Å². The highest BCUT2D eigenvalue weighted by molar-refractivity contribution is 5.07. The van der Waals surface area contributed by atoms with E-state index in [1.807, 2.05) is 17.0 Å². The topological polar surface area (TPSA) is 38.0 Å². The van der Waals surface area contributed by atoms with Crippen LogP contribution in [0.2, 0.25) is 0 Å². The largest absolute Gasteiger partial charge is 0.395 e. The molecule has 1 aliphatic carbocycles. The molecule has 60 valence electrons. The maximum absolute atomic E-state index is 8.72. The third-order valence-corrected chi connectivity index (χ3v) is 2.03. The van der Waals surface area contributed by atoms with E-state index in [2.05, 4.69) is 4.98 Å². The molecule has 0 aliphatic heterocycles. The highest BCUT2D eigenvalue weighted by Crippen LogP contribution is 2.38. The van der Waals surface area contributed by atoms with Gasteiger partial charge in [0.15, 0.2) is 0 Å². The van der Waals surface area contributed by atoms with Crippen LogP contribution in [0.15, 0.2) is 12.4 Å². The number of aliphatic hydroxyl groups excluding tert-OH is 1. The summed E-state index contributed by atoms with van der Waals surface area (Å²) in [4.78, 5) is 4.25. The van der Waals surface area contributed by atoms with Crippen molar-refractivity contribution in [1.82, 2.24) is 9.55 Å². The summed E-state index contributed by atoms with van der Waals surface area (Å²) in [6.07, 6.45) is 6.28. The average molecular weight is 152 g/mol. The summed E-state index contributed by atoms with van der Waals surface area (Å²) >= 11 is 0. The van der Waals surface area contributed by atoms with Crippen LogP contribution in [0.25, 0.3) is 0 Å². The van der Waals surface area contributed by atoms with Crippen molar-refractivity contribution in [2.45, 2.75) is 25.3 Å².